The van der Waals surface area contributed by atoms with Gasteiger partial charge in [0.1, 0.15) is 6.54 Å². The van der Waals surface area contributed by atoms with Crippen molar-refractivity contribution in [3.63, 3.8) is 0 Å². The quantitative estimate of drug-likeness (QED) is 0.358. The Morgan fingerprint density at radius 1 is 1.50 bits per heavy atom. The third kappa shape index (κ3) is 7.93. The van der Waals surface area contributed by atoms with E-state index in [0.29, 0.717) is 0 Å². The van der Waals surface area contributed by atoms with Crippen molar-refractivity contribution in [2.75, 3.05) is 6.54 Å². The van der Waals surface area contributed by atoms with Crippen molar-refractivity contribution in [2.24, 2.45) is 4.99 Å². The topological polar surface area (TPSA) is 73.5 Å². The maximum atomic E-state index is 9.91. The van der Waals surface area contributed by atoms with Crippen molar-refractivity contribution in [1.82, 2.24) is 0 Å². The maximum absolute atomic E-state index is 9.91. The molecule has 0 aliphatic rings. The summed E-state index contributed by atoms with van der Waals surface area (Å²) in [5, 5.41) is 14.5. The Labute approximate surface area is 69.1 Å². The van der Waals surface area contributed by atoms with E-state index in [1.807, 2.05) is 5.87 Å². The van der Waals surface area contributed by atoms with Gasteiger partial charge in [-0.05, 0) is 23.6 Å². The molecule has 0 heterocycles. The fourth-order valence-electron chi connectivity index (χ4n) is 0.315. The Morgan fingerprint density at radius 2 is 2.17 bits per heavy atom. The minimum absolute atomic E-state index is 0.315. The Hall–Kier alpha value is -2.07. The molecule has 2 N–H and O–H groups in total. The summed E-state index contributed by atoms with van der Waals surface area (Å²) < 4.78 is 0. The molecule has 4 nitrogen and oxygen atoms in total. The molecule has 0 saturated carbocycles. The van der Waals surface area contributed by atoms with Crippen LogP contribution in [0.1, 0.15) is 0 Å². The Morgan fingerprint density at radius 3 is 2.75 bits per heavy atom. The Kier molecular flexibility index (Phi) is 5.83. The molecule has 0 fully saturated rings. The molecule has 0 atom stereocenters. The van der Waals surface area contributed by atoms with Crippen LogP contribution in [0.15, 0.2) is 28.6 Å². The predicted molar refractivity (Wildman–Crippen MR) is 43.8 cm³/mol. The van der Waals surface area contributed by atoms with Gasteiger partial charge in [-0.25, -0.2) is 4.99 Å². The minimum atomic E-state index is -1.01. The van der Waals surface area contributed by atoms with Crippen LogP contribution in [0.3, 0.4) is 0 Å². The van der Waals surface area contributed by atoms with Gasteiger partial charge in [0.25, 0.3) is 0 Å². The number of hydrogen-bond donors (Lipinski definition) is 2. The van der Waals surface area contributed by atoms with Crippen molar-refractivity contribution >= 4 is 17.7 Å². The van der Waals surface area contributed by atoms with E-state index in [-0.39, 0.29) is 6.54 Å². The summed E-state index contributed by atoms with van der Waals surface area (Å²) in [5.41, 5.74) is 4.75. The van der Waals surface area contributed by atoms with E-state index in [1.54, 1.807) is 0 Å². The van der Waals surface area contributed by atoms with Crippen molar-refractivity contribution in [2.45, 2.75) is 0 Å². The van der Waals surface area contributed by atoms with E-state index >= 15 is 0 Å². The highest BCUT2D eigenvalue weighted by atomic mass is 16.4. The molecule has 0 spiro atoms. The summed E-state index contributed by atoms with van der Waals surface area (Å²) in [6.07, 6.45) is 2.78. The molecule has 0 rings (SSSR count). The zero-order chi connectivity index (χ0) is 9.23. The summed E-state index contributed by atoms with van der Waals surface area (Å²) in [6.45, 7) is -0.315. The number of carboxylic acid groups (broad SMARTS) is 1. The van der Waals surface area contributed by atoms with Crippen LogP contribution in [-0.4, -0.2) is 29.4 Å². The second-order valence-electron chi connectivity index (χ2n) is 1.57. The van der Waals surface area contributed by atoms with E-state index in [9.17, 15) is 4.79 Å². The number of carbonyl (C=O) groups is 1. The van der Waals surface area contributed by atoms with Crippen molar-refractivity contribution in [3.05, 3.63) is 23.6 Å². The smallest absolute Gasteiger partial charge is 0.326 e. The zero-order valence-corrected chi connectivity index (χ0v) is 6.16. The fraction of sp³-hybridized carbons (Fsp3) is 0.125. The lowest BCUT2D eigenvalue weighted by molar-refractivity contribution is -0.135. The summed E-state index contributed by atoms with van der Waals surface area (Å²) in [5.74, 6) is 3.14. The second kappa shape index (κ2) is 7.04. The lowest BCUT2D eigenvalue weighted by Gasteiger charge is -1.75. The van der Waals surface area contributed by atoms with Gasteiger partial charge in [0.15, 0.2) is 0 Å². The third-order valence-corrected chi connectivity index (χ3v) is 0.680. The van der Waals surface area contributed by atoms with Crippen LogP contribution in [0.25, 0.3) is 0 Å². The Balaban J connectivity index is 4.13. The van der Waals surface area contributed by atoms with Crippen LogP contribution in [0.2, 0.25) is 0 Å². The molecule has 12 heavy (non-hydrogen) atoms. The molecular weight excluding hydrogens is 156 g/mol. The number of carboxylic acids is 1. The van der Waals surface area contributed by atoms with Gasteiger partial charge in [0.05, 0.1) is 0 Å². The molecule has 0 saturated heterocycles. The minimum Gasteiger partial charge on any atom is -0.480 e. The average molecular weight is 162 g/mol. The van der Waals surface area contributed by atoms with Crippen molar-refractivity contribution in [1.29, 1.82) is 5.41 Å². The van der Waals surface area contributed by atoms with Gasteiger partial charge in [-0.1, -0.05) is 0 Å². The second-order valence-corrected chi connectivity index (χ2v) is 1.57. The fourth-order valence-corrected chi connectivity index (χ4v) is 0.315. The molecule has 0 aromatic carbocycles. The predicted octanol–water partition coefficient (Wildman–Crippen LogP) is 0.412. The molecule has 0 aromatic heterocycles. The van der Waals surface area contributed by atoms with E-state index in [1.165, 1.54) is 12.2 Å². The number of allylic oxidation sites excluding steroid dienone is 2. The summed E-state index contributed by atoms with van der Waals surface area (Å²) in [4.78, 5) is 13.3. The summed E-state index contributed by atoms with van der Waals surface area (Å²) >= 11 is 0. The first-order valence-corrected chi connectivity index (χ1v) is 2.98. The normalized spacial score (nSPS) is 6.33. The summed E-state index contributed by atoms with van der Waals surface area (Å²) in [7, 11) is 0. The highest BCUT2D eigenvalue weighted by molar-refractivity contribution is 5.71. The van der Waals surface area contributed by atoms with Gasteiger partial charge < -0.3 is 5.11 Å². The molecule has 4 heteroatoms. The maximum Gasteiger partial charge on any atom is 0.326 e. The van der Waals surface area contributed by atoms with Crippen LogP contribution in [0.4, 0.5) is 0 Å². The van der Waals surface area contributed by atoms with Gasteiger partial charge in [-0.3, -0.25) is 10.2 Å². The largest absolute Gasteiger partial charge is 0.480 e. The lowest BCUT2D eigenvalue weighted by atomic mass is 10.5. The highest BCUT2D eigenvalue weighted by Crippen LogP contribution is 1.66. The van der Waals surface area contributed by atoms with Gasteiger partial charge in [-0.15, -0.1) is 0 Å². The lowest BCUT2D eigenvalue weighted by Crippen LogP contribution is -1.97. The van der Waals surface area contributed by atoms with Crippen molar-refractivity contribution in [3.8, 4) is 0 Å². The first kappa shape index (κ1) is 9.93. The van der Waals surface area contributed by atoms with Gasteiger partial charge in [-0.2, -0.15) is 0 Å². The molecular formula is C8H6N2O2. The van der Waals surface area contributed by atoms with Gasteiger partial charge in [0.2, 0.25) is 0 Å². The van der Waals surface area contributed by atoms with E-state index in [0.717, 1.165) is 0 Å². The number of aliphatic imine (C=N–C) groups is 1. The van der Waals surface area contributed by atoms with Crippen LogP contribution in [-0.2, 0) is 4.79 Å². The highest BCUT2D eigenvalue weighted by Gasteiger charge is 1.87. The monoisotopic (exact) mass is 162 g/mol. The molecule has 0 aliphatic heterocycles. The molecule has 60 valence electrons. The first-order valence-electron chi connectivity index (χ1n) is 2.98. The zero-order valence-electron chi connectivity index (χ0n) is 6.16. The van der Waals surface area contributed by atoms with E-state index < -0.39 is 5.97 Å². The molecule has 0 bridgehead atoms. The Bertz CT molecular complexity index is 332. The molecule has 0 aromatic rings. The molecule has 0 radical (unpaired) electrons. The van der Waals surface area contributed by atoms with Crippen LogP contribution < -0.4 is 0 Å². The first-order chi connectivity index (χ1) is 5.77. The van der Waals surface area contributed by atoms with Crippen molar-refractivity contribution < 1.29 is 9.90 Å². The van der Waals surface area contributed by atoms with Gasteiger partial charge in [0, 0.05) is 11.7 Å². The number of nitrogens with zero attached hydrogens (tertiary/aromatic N) is 1. The molecule has 0 amide bonds. The molecule has 0 aliphatic carbocycles. The number of aliphatic carboxylic acids is 1. The molecule has 0 unspecified atom stereocenters. The average Bonchev–Trinajstić information content (AvgIpc) is 2.02. The summed E-state index contributed by atoms with van der Waals surface area (Å²) in [6, 6.07) is 0. The number of rotatable bonds is 3. The van der Waals surface area contributed by atoms with E-state index in [2.05, 4.69) is 22.3 Å². The van der Waals surface area contributed by atoms with Gasteiger partial charge >= 0.3 is 5.97 Å². The number of hydrogen-bond acceptors (Lipinski definition) is 3. The standard InChI is InChI=1S/C8H6N2O2/c9-5-3-1-2-4-6-10-7-8(11)12/h1-2,9H,7H2,(H,11,12). The number of nitrogens with one attached hydrogen (secondary N) is 1. The third-order valence-electron chi connectivity index (χ3n) is 0.680. The van der Waals surface area contributed by atoms with Crippen LogP contribution in [0.5, 0.6) is 0 Å². The van der Waals surface area contributed by atoms with Crippen LogP contribution in [0, 0.1) is 5.41 Å². The van der Waals surface area contributed by atoms with E-state index in [4.69, 9.17) is 10.5 Å². The van der Waals surface area contributed by atoms with Crippen LogP contribution >= 0.6 is 0 Å². The SMILES string of the molecule is N=C=C=CC=C=C=NCC(=O)O.